The average Bonchev–Trinajstić information content (AvgIpc) is 3.19. The topological polar surface area (TPSA) is 102 Å². The highest BCUT2D eigenvalue weighted by molar-refractivity contribution is 7.16. The molecule has 0 radical (unpaired) electrons. The van der Waals surface area contributed by atoms with Gasteiger partial charge in [0.15, 0.2) is 5.69 Å². The molecule has 2 aromatic carbocycles. The standard InChI is InChI=1S/C22H16ClFN4O4S/c1-2-32-21(30)18-16-11-33-19(26-22(31)25-14-5-3-4-12(23)10-14)17(16)20(29)28(27-18)15-8-6-13(24)7-9-15/h3-11H,2H2,1H3,(H2,25,26,31). The average molecular weight is 487 g/mol. The van der Waals surface area contributed by atoms with Crippen molar-refractivity contribution in [2.24, 2.45) is 0 Å². The van der Waals surface area contributed by atoms with E-state index in [9.17, 15) is 18.8 Å². The van der Waals surface area contributed by atoms with Crippen molar-refractivity contribution in [3.8, 4) is 5.69 Å². The number of aromatic nitrogens is 2. The Labute approximate surface area is 195 Å². The maximum absolute atomic E-state index is 13.4. The zero-order valence-electron chi connectivity index (χ0n) is 17.1. The van der Waals surface area contributed by atoms with Crippen molar-refractivity contribution in [2.75, 3.05) is 17.2 Å². The maximum atomic E-state index is 13.4. The zero-order valence-corrected chi connectivity index (χ0v) is 18.7. The SMILES string of the molecule is CCOC(=O)c1nn(-c2ccc(F)cc2)c(=O)c2c(NC(=O)Nc3cccc(Cl)c3)scc12. The van der Waals surface area contributed by atoms with Crippen LogP contribution in [0.5, 0.6) is 0 Å². The Morgan fingerprint density at radius 2 is 1.94 bits per heavy atom. The Hall–Kier alpha value is -3.76. The molecule has 0 atom stereocenters. The van der Waals surface area contributed by atoms with Gasteiger partial charge in [0, 0.05) is 21.5 Å². The molecule has 0 spiro atoms. The first kappa shape index (κ1) is 22.4. The monoisotopic (exact) mass is 486 g/mol. The molecule has 2 aromatic heterocycles. The van der Waals surface area contributed by atoms with E-state index in [0.717, 1.165) is 16.0 Å². The summed E-state index contributed by atoms with van der Waals surface area (Å²) in [5.74, 6) is -1.22. The number of hydrogen-bond acceptors (Lipinski definition) is 6. The largest absolute Gasteiger partial charge is 0.461 e. The molecular weight excluding hydrogens is 471 g/mol. The number of carbonyl (C=O) groups is 2. The van der Waals surface area contributed by atoms with Crippen LogP contribution in [0.15, 0.2) is 58.7 Å². The first-order valence-corrected chi connectivity index (χ1v) is 10.9. The second-order valence-corrected chi connectivity index (χ2v) is 8.02. The normalized spacial score (nSPS) is 10.8. The lowest BCUT2D eigenvalue weighted by Gasteiger charge is -2.10. The molecule has 33 heavy (non-hydrogen) atoms. The number of carbonyl (C=O) groups excluding carboxylic acids is 2. The highest BCUT2D eigenvalue weighted by atomic mass is 35.5. The molecular formula is C22H16ClFN4O4S. The number of fused-ring (bicyclic) bond motifs is 1. The van der Waals surface area contributed by atoms with Crippen molar-refractivity contribution in [1.82, 2.24) is 9.78 Å². The predicted molar refractivity (Wildman–Crippen MR) is 125 cm³/mol. The number of halogens is 2. The molecule has 0 aliphatic carbocycles. The van der Waals surface area contributed by atoms with Crippen LogP contribution in [0.4, 0.5) is 19.9 Å². The molecule has 0 aliphatic rings. The second kappa shape index (κ2) is 9.39. The molecule has 0 saturated carbocycles. The third kappa shape index (κ3) is 4.71. The molecule has 0 unspecified atom stereocenters. The van der Waals surface area contributed by atoms with Gasteiger partial charge >= 0.3 is 12.0 Å². The third-order valence-corrected chi connectivity index (χ3v) is 5.63. The number of benzene rings is 2. The lowest BCUT2D eigenvalue weighted by Crippen LogP contribution is -2.26. The number of urea groups is 1. The summed E-state index contributed by atoms with van der Waals surface area (Å²) in [6.07, 6.45) is 0. The Bertz CT molecular complexity index is 1420. The van der Waals surface area contributed by atoms with Gasteiger partial charge in [0.25, 0.3) is 5.56 Å². The first-order chi connectivity index (χ1) is 15.9. The van der Waals surface area contributed by atoms with Crippen LogP contribution < -0.4 is 16.2 Å². The number of rotatable bonds is 5. The van der Waals surface area contributed by atoms with E-state index in [0.29, 0.717) is 10.7 Å². The van der Waals surface area contributed by atoms with Gasteiger partial charge in [-0.3, -0.25) is 10.1 Å². The molecule has 2 N–H and O–H groups in total. The fourth-order valence-electron chi connectivity index (χ4n) is 3.08. The number of nitrogens with zero attached hydrogens (tertiary/aromatic N) is 2. The van der Waals surface area contributed by atoms with Crippen LogP contribution in [0.1, 0.15) is 17.4 Å². The fourth-order valence-corrected chi connectivity index (χ4v) is 4.20. The van der Waals surface area contributed by atoms with Gasteiger partial charge in [0.1, 0.15) is 10.8 Å². The van der Waals surface area contributed by atoms with E-state index >= 15 is 0 Å². The number of ether oxygens (including phenoxy) is 1. The van der Waals surface area contributed by atoms with Crippen molar-refractivity contribution in [3.05, 3.63) is 80.8 Å². The molecule has 2 heterocycles. The van der Waals surface area contributed by atoms with Crippen LogP contribution in [0.25, 0.3) is 16.5 Å². The van der Waals surface area contributed by atoms with E-state index in [4.69, 9.17) is 16.3 Å². The summed E-state index contributed by atoms with van der Waals surface area (Å²) in [5, 5.41) is 11.9. The number of anilines is 2. The summed E-state index contributed by atoms with van der Waals surface area (Å²) in [4.78, 5) is 38.4. The van der Waals surface area contributed by atoms with Crippen molar-refractivity contribution in [3.63, 3.8) is 0 Å². The van der Waals surface area contributed by atoms with Crippen LogP contribution in [0.3, 0.4) is 0 Å². The van der Waals surface area contributed by atoms with Crippen LogP contribution >= 0.6 is 22.9 Å². The minimum absolute atomic E-state index is 0.0728. The predicted octanol–water partition coefficient (Wildman–Crippen LogP) is 5.06. The van der Waals surface area contributed by atoms with Crippen molar-refractivity contribution >= 4 is 56.4 Å². The molecule has 0 fully saturated rings. The van der Waals surface area contributed by atoms with Gasteiger partial charge in [0.2, 0.25) is 0 Å². The quantitative estimate of drug-likeness (QED) is 0.384. The van der Waals surface area contributed by atoms with Crippen LogP contribution in [0, 0.1) is 5.82 Å². The van der Waals surface area contributed by atoms with Crippen LogP contribution in [-0.4, -0.2) is 28.4 Å². The van der Waals surface area contributed by atoms with Gasteiger partial charge < -0.3 is 10.1 Å². The van der Waals surface area contributed by atoms with Gasteiger partial charge in [-0.2, -0.15) is 9.78 Å². The van der Waals surface area contributed by atoms with E-state index in [1.54, 1.807) is 36.6 Å². The summed E-state index contributed by atoms with van der Waals surface area (Å²) in [6, 6.07) is 11.0. The van der Waals surface area contributed by atoms with Gasteiger partial charge in [-0.25, -0.2) is 14.0 Å². The van der Waals surface area contributed by atoms with Crippen molar-refractivity contribution in [2.45, 2.75) is 6.92 Å². The van der Waals surface area contributed by atoms with Gasteiger partial charge in [0.05, 0.1) is 17.7 Å². The molecule has 8 nitrogen and oxygen atoms in total. The lowest BCUT2D eigenvalue weighted by molar-refractivity contribution is 0.0520. The minimum Gasteiger partial charge on any atom is -0.461 e. The highest BCUT2D eigenvalue weighted by Gasteiger charge is 2.23. The minimum atomic E-state index is -0.730. The van der Waals surface area contributed by atoms with E-state index in [1.165, 1.54) is 24.3 Å². The van der Waals surface area contributed by atoms with Gasteiger partial charge in [-0.05, 0) is 49.4 Å². The summed E-state index contributed by atoms with van der Waals surface area (Å²) < 4.78 is 19.4. The molecule has 0 bridgehead atoms. The molecule has 2 amide bonds. The number of esters is 1. The summed E-state index contributed by atoms with van der Waals surface area (Å²) in [6.45, 7) is 1.75. The summed E-state index contributed by atoms with van der Waals surface area (Å²) >= 11 is 7.00. The molecule has 168 valence electrons. The molecule has 0 aliphatic heterocycles. The number of hydrogen-bond donors (Lipinski definition) is 2. The molecule has 4 aromatic rings. The van der Waals surface area contributed by atoms with Gasteiger partial charge in [-0.1, -0.05) is 17.7 Å². The van der Waals surface area contributed by atoms with E-state index in [1.807, 2.05) is 0 Å². The number of amides is 2. The van der Waals surface area contributed by atoms with Crippen LogP contribution in [-0.2, 0) is 4.74 Å². The number of nitrogens with one attached hydrogen (secondary N) is 2. The van der Waals surface area contributed by atoms with Crippen LogP contribution in [0.2, 0.25) is 5.02 Å². The molecule has 4 rings (SSSR count). The zero-order chi connectivity index (χ0) is 23.5. The van der Waals surface area contributed by atoms with Gasteiger partial charge in [-0.15, -0.1) is 11.3 Å². The molecule has 11 heteroatoms. The smallest absolute Gasteiger partial charge is 0.359 e. The number of thiophene rings is 1. The Balaban J connectivity index is 1.79. The third-order valence-electron chi connectivity index (χ3n) is 4.50. The first-order valence-electron chi connectivity index (χ1n) is 9.68. The van der Waals surface area contributed by atoms with E-state index < -0.39 is 23.4 Å². The Morgan fingerprint density at radius 1 is 1.18 bits per heavy atom. The summed E-state index contributed by atoms with van der Waals surface area (Å²) in [5.41, 5.74) is 0.00660. The molecule has 0 saturated heterocycles. The van der Waals surface area contributed by atoms with E-state index in [2.05, 4.69) is 15.7 Å². The van der Waals surface area contributed by atoms with Crippen molar-refractivity contribution < 1.29 is 18.7 Å². The fraction of sp³-hybridized carbons (Fsp3) is 0.0909. The second-order valence-electron chi connectivity index (χ2n) is 6.71. The lowest BCUT2D eigenvalue weighted by atomic mass is 10.2. The Morgan fingerprint density at radius 3 is 2.64 bits per heavy atom. The highest BCUT2D eigenvalue weighted by Crippen LogP contribution is 2.31. The Kier molecular flexibility index (Phi) is 6.38. The summed E-state index contributed by atoms with van der Waals surface area (Å²) in [7, 11) is 0. The maximum Gasteiger partial charge on any atom is 0.359 e. The van der Waals surface area contributed by atoms with Crippen molar-refractivity contribution in [1.29, 1.82) is 0 Å². The van der Waals surface area contributed by atoms with E-state index in [-0.39, 0.29) is 33.8 Å².